The van der Waals surface area contributed by atoms with Gasteiger partial charge in [-0.15, -0.1) is 0 Å². The number of likely N-dealkylation sites (tertiary alicyclic amines) is 1. The first-order chi connectivity index (χ1) is 13.0. The molecule has 1 amide bonds. The van der Waals surface area contributed by atoms with Crippen molar-refractivity contribution in [3.05, 3.63) is 48.5 Å². The Morgan fingerprint density at radius 3 is 2.74 bits per heavy atom. The molecule has 0 spiro atoms. The van der Waals surface area contributed by atoms with Crippen molar-refractivity contribution in [2.24, 2.45) is 0 Å². The Hall–Kier alpha value is -2.34. The molecule has 0 radical (unpaired) electrons. The molecule has 1 unspecified atom stereocenters. The van der Waals surface area contributed by atoms with Gasteiger partial charge in [0.25, 0.3) is 0 Å². The molecule has 6 heteroatoms. The summed E-state index contributed by atoms with van der Waals surface area (Å²) in [6, 6.07) is 10.1. The molecule has 1 atom stereocenters. The van der Waals surface area contributed by atoms with Crippen molar-refractivity contribution in [2.75, 3.05) is 52.2 Å². The molecule has 0 saturated carbocycles. The van der Waals surface area contributed by atoms with Gasteiger partial charge in [-0.25, -0.2) is 4.98 Å². The Balaban J connectivity index is 1.61. The van der Waals surface area contributed by atoms with Crippen molar-refractivity contribution in [1.82, 2.24) is 19.4 Å². The third kappa shape index (κ3) is 5.10. The lowest BCUT2D eigenvalue weighted by atomic mass is 9.97. The molecular formula is C21H31N5O. The van der Waals surface area contributed by atoms with Gasteiger partial charge in [-0.05, 0) is 39.1 Å². The highest BCUT2D eigenvalue weighted by atomic mass is 16.2. The quantitative estimate of drug-likeness (QED) is 0.751. The minimum absolute atomic E-state index is 0.192. The van der Waals surface area contributed by atoms with Crippen LogP contribution < -0.4 is 4.90 Å². The summed E-state index contributed by atoms with van der Waals surface area (Å²) >= 11 is 0. The molecule has 1 aliphatic rings. The molecule has 1 aliphatic heterocycles. The second-order valence-corrected chi connectivity index (χ2v) is 7.65. The number of imidazole rings is 1. The number of benzene rings is 1. The van der Waals surface area contributed by atoms with E-state index in [0.717, 1.165) is 50.5 Å². The molecule has 0 aliphatic carbocycles. The van der Waals surface area contributed by atoms with Crippen molar-refractivity contribution in [2.45, 2.75) is 25.3 Å². The molecule has 27 heavy (non-hydrogen) atoms. The summed E-state index contributed by atoms with van der Waals surface area (Å²) in [5, 5.41) is 0. The van der Waals surface area contributed by atoms with Crippen LogP contribution in [0, 0.1) is 0 Å². The van der Waals surface area contributed by atoms with Crippen LogP contribution in [0.3, 0.4) is 0 Å². The Morgan fingerprint density at radius 1 is 1.22 bits per heavy atom. The first-order valence-electron chi connectivity index (χ1n) is 9.74. The van der Waals surface area contributed by atoms with E-state index in [9.17, 15) is 4.79 Å². The van der Waals surface area contributed by atoms with E-state index in [1.165, 1.54) is 0 Å². The zero-order valence-electron chi connectivity index (χ0n) is 16.7. The molecule has 1 aromatic heterocycles. The van der Waals surface area contributed by atoms with Crippen molar-refractivity contribution < 1.29 is 4.79 Å². The Kier molecular flexibility index (Phi) is 6.50. The van der Waals surface area contributed by atoms with Crippen molar-refractivity contribution >= 4 is 11.6 Å². The first-order valence-corrected chi connectivity index (χ1v) is 9.74. The number of hydrogen-bond donors (Lipinski definition) is 0. The predicted octanol–water partition coefficient (Wildman–Crippen LogP) is 2.29. The Bertz CT molecular complexity index is 727. The lowest BCUT2D eigenvalue weighted by Crippen LogP contribution is -2.44. The molecule has 0 N–H and O–H groups in total. The second-order valence-electron chi connectivity index (χ2n) is 7.65. The molecule has 3 rings (SSSR count). The highest BCUT2D eigenvalue weighted by Gasteiger charge is 2.27. The molecule has 2 heterocycles. The zero-order chi connectivity index (χ0) is 19.2. The fourth-order valence-electron chi connectivity index (χ4n) is 3.67. The number of piperidine rings is 1. The predicted molar refractivity (Wildman–Crippen MR) is 109 cm³/mol. The number of likely N-dealkylation sites (N-methyl/N-ethyl adjacent to an activating group) is 2. The fraction of sp³-hybridized carbons (Fsp3) is 0.524. The van der Waals surface area contributed by atoms with Crippen molar-refractivity contribution in [1.29, 1.82) is 0 Å². The van der Waals surface area contributed by atoms with Crippen LogP contribution in [-0.4, -0.2) is 72.6 Å². The Labute approximate surface area is 162 Å². The smallest absolute Gasteiger partial charge is 0.242 e. The standard InChI is InChI=1S/C21H31N5O/c1-23(2)14-15-25-13-11-22-21(25)18-8-7-12-26(16-18)20(27)17-24(3)19-9-5-4-6-10-19/h4-6,9-11,13,18H,7-8,12,14-17H2,1-3H3. The van der Waals surface area contributed by atoms with E-state index in [0.29, 0.717) is 12.5 Å². The first kappa shape index (κ1) is 19.4. The van der Waals surface area contributed by atoms with Gasteiger partial charge in [0.2, 0.25) is 5.91 Å². The lowest BCUT2D eigenvalue weighted by Gasteiger charge is -2.34. The van der Waals surface area contributed by atoms with Crippen molar-refractivity contribution in [3.8, 4) is 0 Å². The molecule has 1 saturated heterocycles. The van der Waals surface area contributed by atoms with Crippen LogP contribution in [0.4, 0.5) is 5.69 Å². The average molecular weight is 370 g/mol. The normalized spacial score (nSPS) is 17.3. The van der Waals surface area contributed by atoms with Gasteiger partial charge in [0, 0.05) is 57.2 Å². The van der Waals surface area contributed by atoms with Crippen LogP contribution in [0.25, 0.3) is 0 Å². The maximum atomic E-state index is 12.8. The summed E-state index contributed by atoms with van der Waals surface area (Å²) in [6.07, 6.45) is 6.07. The SMILES string of the molecule is CN(C)CCn1ccnc1C1CCCN(C(=O)CN(C)c2ccccc2)C1. The van der Waals surface area contributed by atoms with Gasteiger partial charge in [0.15, 0.2) is 0 Å². The molecule has 1 fully saturated rings. The number of nitrogens with zero attached hydrogens (tertiary/aromatic N) is 5. The highest BCUT2D eigenvalue weighted by Crippen LogP contribution is 2.26. The number of aromatic nitrogens is 2. The summed E-state index contributed by atoms with van der Waals surface area (Å²) in [5.74, 6) is 1.63. The van der Waals surface area contributed by atoms with Crippen LogP contribution >= 0.6 is 0 Å². The van der Waals surface area contributed by atoms with Gasteiger partial charge in [-0.2, -0.15) is 0 Å². The minimum atomic E-state index is 0.192. The minimum Gasteiger partial charge on any atom is -0.365 e. The van der Waals surface area contributed by atoms with E-state index in [-0.39, 0.29) is 5.91 Å². The van der Waals surface area contributed by atoms with E-state index in [4.69, 9.17) is 0 Å². The third-order valence-electron chi connectivity index (χ3n) is 5.24. The molecule has 2 aromatic rings. The third-order valence-corrected chi connectivity index (χ3v) is 5.24. The highest BCUT2D eigenvalue weighted by molar-refractivity contribution is 5.81. The van der Waals surface area contributed by atoms with Crippen LogP contribution in [0.1, 0.15) is 24.6 Å². The summed E-state index contributed by atoms with van der Waals surface area (Å²) < 4.78 is 2.24. The number of hydrogen-bond acceptors (Lipinski definition) is 4. The van der Waals surface area contributed by atoms with Crippen LogP contribution in [0.5, 0.6) is 0 Å². The molecular weight excluding hydrogens is 338 g/mol. The monoisotopic (exact) mass is 369 g/mol. The van der Waals surface area contributed by atoms with Gasteiger partial charge in [0.1, 0.15) is 5.82 Å². The van der Waals surface area contributed by atoms with Crippen LogP contribution in [-0.2, 0) is 11.3 Å². The van der Waals surface area contributed by atoms with Gasteiger partial charge >= 0.3 is 0 Å². The van der Waals surface area contributed by atoms with Crippen LogP contribution in [0.2, 0.25) is 0 Å². The van der Waals surface area contributed by atoms with E-state index in [1.807, 2.05) is 53.4 Å². The van der Waals surface area contributed by atoms with Gasteiger partial charge in [-0.1, -0.05) is 18.2 Å². The van der Waals surface area contributed by atoms with Gasteiger partial charge in [0.05, 0.1) is 6.54 Å². The van der Waals surface area contributed by atoms with E-state index in [2.05, 4.69) is 34.7 Å². The molecule has 6 nitrogen and oxygen atoms in total. The van der Waals surface area contributed by atoms with Crippen LogP contribution in [0.15, 0.2) is 42.7 Å². The number of carbonyl (C=O) groups is 1. The second kappa shape index (κ2) is 9.04. The molecule has 1 aromatic carbocycles. The Morgan fingerprint density at radius 2 is 2.00 bits per heavy atom. The fourth-order valence-corrected chi connectivity index (χ4v) is 3.67. The summed E-state index contributed by atoms with van der Waals surface area (Å²) in [7, 11) is 6.14. The van der Waals surface area contributed by atoms with Gasteiger partial charge < -0.3 is 19.3 Å². The zero-order valence-corrected chi connectivity index (χ0v) is 16.7. The number of para-hydroxylation sites is 1. The number of rotatable bonds is 7. The maximum Gasteiger partial charge on any atom is 0.242 e. The number of amides is 1. The average Bonchev–Trinajstić information content (AvgIpc) is 3.15. The largest absolute Gasteiger partial charge is 0.365 e. The van der Waals surface area contributed by atoms with Crippen molar-refractivity contribution in [3.63, 3.8) is 0 Å². The lowest BCUT2D eigenvalue weighted by molar-refractivity contribution is -0.130. The summed E-state index contributed by atoms with van der Waals surface area (Å²) in [5.41, 5.74) is 1.07. The topological polar surface area (TPSA) is 44.6 Å². The number of anilines is 1. The molecule has 0 bridgehead atoms. The molecule has 146 valence electrons. The van der Waals surface area contributed by atoms with E-state index in [1.54, 1.807) is 0 Å². The summed E-state index contributed by atoms with van der Waals surface area (Å²) in [4.78, 5) is 23.7. The summed E-state index contributed by atoms with van der Waals surface area (Å²) in [6.45, 7) is 3.94. The number of carbonyl (C=O) groups excluding carboxylic acids is 1. The van der Waals surface area contributed by atoms with Gasteiger partial charge in [-0.3, -0.25) is 4.79 Å². The maximum absolute atomic E-state index is 12.8. The van der Waals surface area contributed by atoms with E-state index >= 15 is 0 Å². The van der Waals surface area contributed by atoms with E-state index < -0.39 is 0 Å².